The van der Waals surface area contributed by atoms with E-state index in [1.807, 2.05) is 10.9 Å². The average molecular weight is 287 g/mol. The molecule has 0 atom stereocenters. The second kappa shape index (κ2) is 5.39. The van der Waals surface area contributed by atoms with Crippen molar-refractivity contribution in [3.63, 3.8) is 0 Å². The normalized spacial score (nSPS) is 10.7. The lowest BCUT2D eigenvalue weighted by Crippen LogP contribution is -2.19. The zero-order valence-electron chi connectivity index (χ0n) is 8.06. The summed E-state index contributed by atoms with van der Waals surface area (Å²) in [5.74, 6) is 0. The van der Waals surface area contributed by atoms with Gasteiger partial charge in [0.25, 0.3) is 0 Å². The summed E-state index contributed by atoms with van der Waals surface area (Å²) in [6.45, 7) is 2.64. The maximum Gasteiger partial charge on any atom is 0.0692 e. The average Bonchev–Trinajstić information content (AvgIpc) is 2.85. The van der Waals surface area contributed by atoms with E-state index >= 15 is 0 Å². The number of nitrogens with zero attached hydrogens (tertiary/aromatic N) is 3. The van der Waals surface area contributed by atoms with Gasteiger partial charge in [-0.15, -0.1) is 16.4 Å². The van der Waals surface area contributed by atoms with Gasteiger partial charge in [-0.1, -0.05) is 5.21 Å². The van der Waals surface area contributed by atoms with Crippen molar-refractivity contribution in [2.45, 2.75) is 13.1 Å². The van der Waals surface area contributed by atoms with Crippen LogP contribution in [0.2, 0.25) is 0 Å². The molecule has 4 nitrogen and oxygen atoms in total. The Morgan fingerprint density at radius 1 is 1.53 bits per heavy atom. The molecule has 2 rings (SSSR count). The van der Waals surface area contributed by atoms with Crippen LogP contribution in [0.1, 0.15) is 4.88 Å². The maximum atomic E-state index is 3.89. The Morgan fingerprint density at radius 2 is 2.47 bits per heavy atom. The number of hydrogen-bond acceptors (Lipinski definition) is 4. The lowest BCUT2D eigenvalue weighted by Gasteiger charge is -2.03. The molecule has 0 spiro atoms. The Morgan fingerprint density at radius 3 is 3.13 bits per heavy atom. The van der Waals surface area contributed by atoms with Gasteiger partial charge in [-0.25, -0.2) is 0 Å². The number of rotatable bonds is 5. The molecule has 0 fully saturated rings. The monoisotopic (exact) mass is 286 g/mol. The Labute approximate surface area is 100 Å². The van der Waals surface area contributed by atoms with Crippen molar-refractivity contribution in [2.24, 2.45) is 0 Å². The molecule has 2 aromatic heterocycles. The summed E-state index contributed by atoms with van der Waals surface area (Å²) < 4.78 is 3.00. The summed E-state index contributed by atoms with van der Waals surface area (Å²) >= 11 is 5.25. The number of thiophene rings is 1. The first-order valence-electron chi connectivity index (χ1n) is 4.63. The van der Waals surface area contributed by atoms with Gasteiger partial charge >= 0.3 is 0 Å². The highest BCUT2D eigenvalue weighted by molar-refractivity contribution is 9.10. The van der Waals surface area contributed by atoms with Crippen LogP contribution in [0.3, 0.4) is 0 Å². The smallest absolute Gasteiger partial charge is 0.0692 e. The Bertz CT molecular complexity index is 398. The van der Waals surface area contributed by atoms with Crippen molar-refractivity contribution in [3.05, 3.63) is 33.2 Å². The summed E-state index contributed by atoms with van der Waals surface area (Å²) in [7, 11) is 0. The molecule has 1 N–H and O–H groups in total. The third-order valence-corrected chi connectivity index (χ3v) is 3.89. The number of nitrogens with one attached hydrogen (secondary N) is 1. The summed E-state index contributed by atoms with van der Waals surface area (Å²) in [5, 5.41) is 13.1. The van der Waals surface area contributed by atoms with E-state index in [1.165, 1.54) is 9.35 Å². The fraction of sp³-hybridized carbons (Fsp3) is 0.333. The van der Waals surface area contributed by atoms with Gasteiger partial charge in [0.2, 0.25) is 0 Å². The van der Waals surface area contributed by atoms with Crippen LogP contribution in [-0.2, 0) is 13.1 Å². The highest BCUT2D eigenvalue weighted by Crippen LogP contribution is 2.21. The van der Waals surface area contributed by atoms with Crippen LogP contribution in [0.5, 0.6) is 0 Å². The quantitative estimate of drug-likeness (QED) is 0.854. The molecular weight excluding hydrogens is 276 g/mol. The van der Waals surface area contributed by atoms with Crippen LogP contribution in [0.4, 0.5) is 0 Å². The van der Waals surface area contributed by atoms with E-state index in [9.17, 15) is 0 Å². The van der Waals surface area contributed by atoms with E-state index in [4.69, 9.17) is 0 Å². The van der Waals surface area contributed by atoms with Gasteiger partial charge in [0.1, 0.15) is 0 Å². The minimum atomic E-state index is 0.850. The van der Waals surface area contributed by atoms with Crippen LogP contribution < -0.4 is 5.32 Å². The van der Waals surface area contributed by atoms with E-state index < -0.39 is 0 Å². The minimum absolute atomic E-state index is 0.850. The molecular formula is C9H11BrN4S. The summed E-state index contributed by atoms with van der Waals surface area (Å²) in [5.41, 5.74) is 0. The van der Waals surface area contributed by atoms with Crippen LogP contribution in [0.15, 0.2) is 28.3 Å². The van der Waals surface area contributed by atoms with Crippen LogP contribution >= 0.6 is 27.3 Å². The molecule has 0 bridgehead atoms. The largest absolute Gasteiger partial charge is 0.310 e. The van der Waals surface area contributed by atoms with Crippen molar-refractivity contribution in [1.82, 2.24) is 20.3 Å². The summed E-state index contributed by atoms with van der Waals surface area (Å²) in [6.07, 6.45) is 3.55. The highest BCUT2D eigenvalue weighted by atomic mass is 79.9. The minimum Gasteiger partial charge on any atom is -0.310 e. The third-order valence-electron chi connectivity index (χ3n) is 1.97. The molecule has 6 heteroatoms. The molecule has 80 valence electrons. The van der Waals surface area contributed by atoms with Crippen LogP contribution in [0.25, 0.3) is 0 Å². The molecule has 0 aliphatic carbocycles. The highest BCUT2D eigenvalue weighted by Gasteiger charge is 1.99. The Hall–Kier alpha value is -0.720. The molecule has 0 aromatic carbocycles. The number of halogens is 1. The number of hydrogen-bond donors (Lipinski definition) is 1. The van der Waals surface area contributed by atoms with E-state index in [2.05, 4.69) is 43.0 Å². The van der Waals surface area contributed by atoms with Crippen molar-refractivity contribution < 1.29 is 0 Å². The number of aromatic nitrogens is 3. The van der Waals surface area contributed by atoms with Crippen LogP contribution in [-0.4, -0.2) is 21.5 Å². The third kappa shape index (κ3) is 3.12. The SMILES string of the molecule is Brc1ccsc1CNCCn1ccnn1. The lowest BCUT2D eigenvalue weighted by molar-refractivity contribution is 0.541. The second-order valence-electron chi connectivity index (χ2n) is 3.03. The van der Waals surface area contributed by atoms with E-state index in [0.29, 0.717) is 0 Å². The predicted molar refractivity (Wildman–Crippen MR) is 63.7 cm³/mol. The predicted octanol–water partition coefficient (Wildman–Crippen LogP) is 1.89. The van der Waals surface area contributed by atoms with E-state index in [1.54, 1.807) is 17.5 Å². The lowest BCUT2D eigenvalue weighted by atomic mass is 10.4. The summed E-state index contributed by atoms with van der Waals surface area (Å²) in [4.78, 5) is 1.33. The van der Waals surface area contributed by atoms with Gasteiger partial charge in [0, 0.05) is 28.6 Å². The zero-order valence-corrected chi connectivity index (χ0v) is 10.5. The zero-order chi connectivity index (χ0) is 10.5. The molecule has 0 aliphatic rings. The molecule has 2 heterocycles. The fourth-order valence-electron chi connectivity index (χ4n) is 1.20. The van der Waals surface area contributed by atoms with Crippen molar-refractivity contribution in [2.75, 3.05) is 6.54 Å². The van der Waals surface area contributed by atoms with E-state index in [-0.39, 0.29) is 0 Å². The van der Waals surface area contributed by atoms with Gasteiger partial charge in [0.15, 0.2) is 0 Å². The maximum absolute atomic E-state index is 3.89. The molecule has 15 heavy (non-hydrogen) atoms. The molecule has 0 amide bonds. The van der Waals surface area contributed by atoms with Crippen molar-refractivity contribution >= 4 is 27.3 Å². The molecule has 0 aliphatic heterocycles. The Balaban J connectivity index is 1.70. The first kappa shape index (κ1) is 10.8. The first-order valence-corrected chi connectivity index (χ1v) is 6.30. The molecule has 0 saturated carbocycles. The standard InChI is InChI=1S/C9H11BrN4S/c10-8-1-6-15-9(8)7-11-2-4-14-5-3-12-13-14/h1,3,5-6,11H,2,4,7H2. The molecule has 0 saturated heterocycles. The van der Waals surface area contributed by atoms with Gasteiger partial charge in [0.05, 0.1) is 12.7 Å². The first-order chi connectivity index (χ1) is 7.36. The topological polar surface area (TPSA) is 42.7 Å². The molecule has 0 unspecified atom stereocenters. The summed E-state index contributed by atoms with van der Waals surface area (Å²) in [6, 6.07) is 2.07. The van der Waals surface area contributed by atoms with Gasteiger partial charge in [-0.2, -0.15) is 0 Å². The van der Waals surface area contributed by atoms with Crippen molar-refractivity contribution in [3.8, 4) is 0 Å². The second-order valence-corrected chi connectivity index (χ2v) is 4.89. The fourth-order valence-corrected chi connectivity index (χ4v) is 2.66. The van der Waals surface area contributed by atoms with Gasteiger partial charge in [-0.05, 0) is 27.4 Å². The van der Waals surface area contributed by atoms with Gasteiger partial charge in [-0.3, -0.25) is 4.68 Å². The molecule has 0 radical (unpaired) electrons. The van der Waals surface area contributed by atoms with Crippen LogP contribution in [0, 0.1) is 0 Å². The molecule has 2 aromatic rings. The van der Waals surface area contributed by atoms with Gasteiger partial charge < -0.3 is 5.32 Å². The van der Waals surface area contributed by atoms with E-state index in [0.717, 1.165) is 19.6 Å². The van der Waals surface area contributed by atoms with Crippen molar-refractivity contribution in [1.29, 1.82) is 0 Å². The Kier molecular flexibility index (Phi) is 3.87.